The fraction of sp³-hybridized carbons (Fsp3) is 1.00. The zero-order chi connectivity index (χ0) is 9.95. The van der Waals surface area contributed by atoms with E-state index in [0.29, 0.717) is 26.2 Å². The van der Waals surface area contributed by atoms with E-state index < -0.39 is 15.4 Å². The third kappa shape index (κ3) is 3.22. The largest absolute Gasteiger partial charge is 0.384 e. The normalized spacial score (nSPS) is 29.4. The van der Waals surface area contributed by atoms with Crippen LogP contribution in [0.4, 0.5) is 0 Å². The van der Waals surface area contributed by atoms with Crippen molar-refractivity contribution in [1.29, 1.82) is 0 Å². The number of primary sulfonamides is 1. The van der Waals surface area contributed by atoms with Gasteiger partial charge in [0.2, 0.25) is 10.0 Å². The van der Waals surface area contributed by atoms with E-state index in [1.165, 1.54) is 0 Å². The minimum atomic E-state index is -3.45. The van der Waals surface area contributed by atoms with Crippen molar-refractivity contribution >= 4 is 10.0 Å². The number of rotatable bonds is 4. The summed E-state index contributed by atoms with van der Waals surface area (Å²) in [6, 6.07) is 0. The molecule has 1 heterocycles. The molecule has 1 aliphatic rings. The summed E-state index contributed by atoms with van der Waals surface area (Å²) in [5.74, 6) is -0.0617. The maximum atomic E-state index is 10.9. The van der Waals surface area contributed by atoms with Gasteiger partial charge in [0.1, 0.15) is 0 Å². The molecule has 5 nitrogen and oxygen atoms in total. The van der Waals surface area contributed by atoms with Crippen LogP contribution in [-0.4, -0.2) is 41.1 Å². The lowest BCUT2D eigenvalue weighted by Crippen LogP contribution is -2.37. The van der Waals surface area contributed by atoms with Crippen LogP contribution >= 0.6 is 0 Å². The van der Waals surface area contributed by atoms with E-state index in [4.69, 9.17) is 14.6 Å². The predicted octanol–water partition coefficient (Wildman–Crippen LogP) is -0.672. The number of hydrogen-bond acceptors (Lipinski definition) is 4. The first-order chi connectivity index (χ1) is 5.97. The molecule has 0 amide bonds. The Kier molecular flexibility index (Phi) is 3.28. The van der Waals surface area contributed by atoms with E-state index in [0.717, 1.165) is 0 Å². The molecule has 1 saturated heterocycles. The summed E-state index contributed by atoms with van der Waals surface area (Å²) in [5.41, 5.74) is -0.428. The average molecular weight is 209 g/mol. The van der Waals surface area contributed by atoms with Crippen LogP contribution in [0.1, 0.15) is 6.42 Å². The molecule has 0 saturated carbocycles. The van der Waals surface area contributed by atoms with Crippen molar-refractivity contribution in [2.75, 3.05) is 32.7 Å². The molecule has 1 aliphatic heterocycles. The zero-order valence-corrected chi connectivity index (χ0v) is 8.47. The van der Waals surface area contributed by atoms with E-state index in [-0.39, 0.29) is 5.75 Å². The first-order valence-electron chi connectivity index (χ1n) is 4.05. The molecule has 0 radical (unpaired) electrons. The number of sulfonamides is 1. The van der Waals surface area contributed by atoms with Crippen molar-refractivity contribution in [3.63, 3.8) is 0 Å². The molecule has 0 aromatic heterocycles. The number of hydrogen-bond donors (Lipinski definition) is 1. The molecule has 78 valence electrons. The van der Waals surface area contributed by atoms with Crippen molar-refractivity contribution in [2.45, 2.75) is 6.42 Å². The van der Waals surface area contributed by atoms with Gasteiger partial charge < -0.3 is 9.47 Å². The molecule has 0 spiro atoms. The molecule has 6 heteroatoms. The van der Waals surface area contributed by atoms with Crippen molar-refractivity contribution in [3.8, 4) is 0 Å². The maximum absolute atomic E-state index is 10.9. The van der Waals surface area contributed by atoms with Crippen LogP contribution in [0.5, 0.6) is 0 Å². The molecule has 1 atom stereocenters. The number of nitrogens with two attached hydrogens (primary N) is 1. The van der Waals surface area contributed by atoms with Crippen LogP contribution in [0, 0.1) is 5.41 Å². The van der Waals surface area contributed by atoms with Crippen molar-refractivity contribution < 1.29 is 17.9 Å². The second-order valence-electron chi connectivity index (χ2n) is 3.54. The van der Waals surface area contributed by atoms with Crippen molar-refractivity contribution in [2.24, 2.45) is 10.6 Å². The highest BCUT2D eigenvalue weighted by atomic mass is 32.2. The lowest BCUT2D eigenvalue weighted by atomic mass is 9.91. The Morgan fingerprint density at radius 2 is 2.31 bits per heavy atom. The van der Waals surface area contributed by atoms with Crippen molar-refractivity contribution in [3.05, 3.63) is 0 Å². The molecule has 0 aromatic rings. The lowest BCUT2D eigenvalue weighted by Gasteiger charge is -2.24. The van der Waals surface area contributed by atoms with Gasteiger partial charge in [-0.15, -0.1) is 0 Å². The van der Waals surface area contributed by atoms with Crippen LogP contribution in [0.15, 0.2) is 0 Å². The SMILES string of the molecule is COCC1(CS(N)(=O)=O)CCOC1. The van der Waals surface area contributed by atoms with Crippen LogP contribution < -0.4 is 5.14 Å². The Morgan fingerprint density at radius 3 is 2.69 bits per heavy atom. The van der Waals surface area contributed by atoms with Gasteiger partial charge in [0.25, 0.3) is 0 Å². The molecule has 1 rings (SSSR count). The first kappa shape index (κ1) is 10.9. The zero-order valence-electron chi connectivity index (χ0n) is 7.65. The molecule has 0 bridgehead atoms. The predicted molar refractivity (Wildman–Crippen MR) is 47.7 cm³/mol. The summed E-state index contributed by atoms with van der Waals surface area (Å²) in [7, 11) is -1.90. The van der Waals surface area contributed by atoms with Gasteiger partial charge in [-0.05, 0) is 6.42 Å². The lowest BCUT2D eigenvalue weighted by molar-refractivity contribution is 0.0767. The van der Waals surface area contributed by atoms with Crippen molar-refractivity contribution in [1.82, 2.24) is 0 Å². The fourth-order valence-electron chi connectivity index (χ4n) is 1.65. The van der Waals surface area contributed by atoms with Gasteiger partial charge in [0.15, 0.2) is 0 Å². The molecule has 1 unspecified atom stereocenters. The van der Waals surface area contributed by atoms with Crippen LogP contribution in [0.2, 0.25) is 0 Å². The van der Waals surface area contributed by atoms with E-state index in [1.54, 1.807) is 7.11 Å². The molecule has 2 N–H and O–H groups in total. The van der Waals surface area contributed by atoms with Gasteiger partial charge in [-0.25, -0.2) is 13.6 Å². The Labute approximate surface area is 78.3 Å². The van der Waals surface area contributed by atoms with E-state index in [2.05, 4.69) is 0 Å². The van der Waals surface area contributed by atoms with Crippen LogP contribution in [0.25, 0.3) is 0 Å². The highest BCUT2D eigenvalue weighted by Crippen LogP contribution is 2.29. The summed E-state index contributed by atoms with van der Waals surface area (Å²) < 4.78 is 32.0. The molecule has 13 heavy (non-hydrogen) atoms. The minimum absolute atomic E-state index is 0.0617. The summed E-state index contributed by atoms with van der Waals surface area (Å²) in [6.07, 6.45) is 0.692. The van der Waals surface area contributed by atoms with Gasteiger partial charge in [0, 0.05) is 19.1 Å². The molecule has 0 aromatic carbocycles. The molecular formula is C7H15NO4S. The van der Waals surface area contributed by atoms with E-state index >= 15 is 0 Å². The second kappa shape index (κ2) is 3.91. The van der Waals surface area contributed by atoms with Gasteiger partial charge in [-0.1, -0.05) is 0 Å². The van der Waals surface area contributed by atoms with Gasteiger partial charge in [-0.3, -0.25) is 0 Å². The molecule has 1 fully saturated rings. The first-order valence-corrected chi connectivity index (χ1v) is 5.76. The Balaban J connectivity index is 2.67. The quantitative estimate of drug-likeness (QED) is 0.666. The highest BCUT2D eigenvalue weighted by Gasteiger charge is 2.38. The monoisotopic (exact) mass is 209 g/mol. The maximum Gasteiger partial charge on any atom is 0.209 e. The highest BCUT2D eigenvalue weighted by molar-refractivity contribution is 7.89. The number of ether oxygens (including phenoxy) is 2. The minimum Gasteiger partial charge on any atom is -0.384 e. The summed E-state index contributed by atoms with van der Waals surface area (Å²) >= 11 is 0. The summed E-state index contributed by atoms with van der Waals surface area (Å²) in [4.78, 5) is 0. The third-order valence-corrected chi connectivity index (χ3v) is 3.16. The van der Waals surface area contributed by atoms with E-state index in [1.807, 2.05) is 0 Å². The Bertz CT molecular complexity index is 256. The third-order valence-electron chi connectivity index (χ3n) is 2.14. The van der Waals surface area contributed by atoms with Gasteiger partial charge >= 0.3 is 0 Å². The van der Waals surface area contributed by atoms with Gasteiger partial charge in [0.05, 0.1) is 19.0 Å². The molecular weight excluding hydrogens is 194 g/mol. The van der Waals surface area contributed by atoms with Gasteiger partial charge in [-0.2, -0.15) is 0 Å². The summed E-state index contributed by atoms with van der Waals surface area (Å²) in [5, 5.41) is 4.99. The average Bonchev–Trinajstić information content (AvgIpc) is 2.33. The Hall–Kier alpha value is -0.170. The standard InChI is InChI=1S/C7H15NO4S/c1-11-4-7(2-3-12-5-7)6-13(8,9)10/h2-6H2,1H3,(H2,8,9,10). The molecule has 0 aliphatic carbocycles. The van der Waals surface area contributed by atoms with Crippen LogP contribution in [0.3, 0.4) is 0 Å². The van der Waals surface area contributed by atoms with Crippen LogP contribution in [-0.2, 0) is 19.5 Å². The smallest absolute Gasteiger partial charge is 0.209 e. The fourth-order valence-corrected chi connectivity index (χ4v) is 2.82. The van der Waals surface area contributed by atoms with E-state index in [9.17, 15) is 8.42 Å². The summed E-state index contributed by atoms with van der Waals surface area (Å²) in [6.45, 7) is 1.37. The number of methoxy groups -OCH3 is 1. The Morgan fingerprint density at radius 1 is 1.62 bits per heavy atom. The topological polar surface area (TPSA) is 78.6 Å². The second-order valence-corrected chi connectivity index (χ2v) is 5.16.